The highest BCUT2D eigenvalue weighted by Crippen LogP contribution is 2.25. The van der Waals surface area contributed by atoms with Gasteiger partial charge in [0.1, 0.15) is 5.15 Å². The number of nitrogens with zero attached hydrogens (tertiary/aromatic N) is 2. The van der Waals surface area contributed by atoms with E-state index >= 15 is 0 Å². The number of rotatable bonds is 5. The Kier molecular flexibility index (Phi) is 5.48. The van der Waals surface area contributed by atoms with Gasteiger partial charge >= 0.3 is 0 Å². The van der Waals surface area contributed by atoms with E-state index in [0.29, 0.717) is 21.6 Å². The zero-order valence-electron chi connectivity index (χ0n) is 13.0. The molecule has 0 saturated heterocycles. The number of carbonyl (C=O) groups excluding carboxylic acids is 1. The van der Waals surface area contributed by atoms with Gasteiger partial charge in [-0.25, -0.2) is 4.98 Å². The molecule has 0 fully saturated rings. The van der Waals surface area contributed by atoms with E-state index in [1.165, 1.54) is 0 Å². The summed E-state index contributed by atoms with van der Waals surface area (Å²) >= 11 is 11.6. The third-order valence-corrected chi connectivity index (χ3v) is 3.85. The lowest BCUT2D eigenvalue weighted by Crippen LogP contribution is -2.15. The molecule has 3 rings (SSSR count). The first-order chi connectivity index (χ1) is 12.1. The molecule has 2 N–H and O–H groups in total. The van der Waals surface area contributed by atoms with Crippen LogP contribution in [0.3, 0.4) is 0 Å². The van der Waals surface area contributed by atoms with Crippen molar-refractivity contribution in [3.63, 3.8) is 0 Å². The molecule has 126 valence electrons. The minimum atomic E-state index is -0.158. The maximum Gasteiger partial charge on any atom is 0.228 e. The lowest BCUT2D eigenvalue weighted by molar-refractivity contribution is -0.115. The summed E-state index contributed by atoms with van der Waals surface area (Å²) in [6.07, 6.45) is 5.05. The molecule has 7 heteroatoms. The molecule has 0 aliphatic rings. The van der Waals surface area contributed by atoms with Crippen LogP contribution in [0.15, 0.2) is 61.1 Å². The number of aromatic nitrogens is 2. The minimum Gasteiger partial charge on any atom is -0.353 e. The molecule has 1 amide bonds. The van der Waals surface area contributed by atoms with Gasteiger partial charge in [0.2, 0.25) is 5.91 Å². The average molecular weight is 373 g/mol. The van der Waals surface area contributed by atoms with Crippen molar-refractivity contribution in [2.45, 2.75) is 6.42 Å². The number of benzene rings is 1. The van der Waals surface area contributed by atoms with Gasteiger partial charge in [-0.3, -0.25) is 9.78 Å². The Bertz CT molecular complexity index is 867. The fraction of sp³-hybridized carbons (Fsp3) is 0.0556. The highest BCUT2D eigenvalue weighted by Gasteiger charge is 2.09. The summed E-state index contributed by atoms with van der Waals surface area (Å²) in [5.74, 6) is -0.158. The van der Waals surface area contributed by atoms with Gasteiger partial charge in [-0.05, 0) is 42.0 Å². The molecule has 0 aliphatic carbocycles. The molecular weight excluding hydrogens is 359 g/mol. The second kappa shape index (κ2) is 7.96. The van der Waals surface area contributed by atoms with Crippen LogP contribution in [0.5, 0.6) is 0 Å². The molecule has 0 radical (unpaired) electrons. The van der Waals surface area contributed by atoms with Crippen LogP contribution in [-0.4, -0.2) is 15.9 Å². The topological polar surface area (TPSA) is 66.9 Å². The van der Waals surface area contributed by atoms with E-state index in [0.717, 1.165) is 11.3 Å². The molecule has 0 aliphatic heterocycles. The second-order valence-electron chi connectivity index (χ2n) is 5.27. The van der Waals surface area contributed by atoms with Gasteiger partial charge in [0.15, 0.2) is 0 Å². The van der Waals surface area contributed by atoms with Crippen LogP contribution >= 0.6 is 23.2 Å². The van der Waals surface area contributed by atoms with E-state index in [1.807, 2.05) is 12.1 Å². The normalized spacial score (nSPS) is 10.3. The summed E-state index contributed by atoms with van der Waals surface area (Å²) in [4.78, 5) is 20.3. The quantitative estimate of drug-likeness (QED) is 0.636. The second-order valence-corrected chi connectivity index (χ2v) is 6.09. The van der Waals surface area contributed by atoms with E-state index in [1.54, 1.807) is 48.9 Å². The number of amides is 1. The molecule has 5 nitrogen and oxygen atoms in total. The van der Waals surface area contributed by atoms with Gasteiger partial charge < -0.3 is 10.6 Å². The Morgan fingerprint density at radius 2 is 1.76 bits per heavy atom. The lowest BCUT2D eigenvalue weighted by atomic mass is 10.2. The van der Waals surface area contributed by atoms with Gasteiger partial charge in [0, 0.05) is 23.1 Å². The lowest BCUT2D eigenvalue weighted by Gasteiger charge is -2.12. The van der Waals surface area contributed by atoms with Gasteiger partial charge in [-0.15, -0.1) is 0 Å². The van der Waals surface area contributed by atoms with E-state index in [4.69, 9.17) is 23.2 Å². The Hall–Kier alpha value is -2.63. The molecular formula is C18H14Cl2N4O. The van der Waals surface area contributed by atoms with E-state index in [2.05, 4.69) is 20.6 Å². The molecule has 2 aromatic heterocycles. The zero-order valence-corrected chi connectivity index (χ0v) is 14.6. The average Bonchev–Trinajstić information content (AvgIpc) is 2.61. The van der Waals surface area contributed by atoms with E-state index < -0.39 is 0 Å². The van der Waals surface area contributed by atoms with Crippen LogP contribution < -0.4 is 10.6 Å². The van der Waals surface area contributed by atoms with Crippen LogP contribution in [0.2, 0.25) is 10.2 Å². The smallest absolute Gasteiger partial charge is 0.228 e. The fourth-order valence-corrected chi connectivity index (χ4v) is 2.42. The maximum atomic E-state index is 12.3. The SMILES string of the molecule is O=C(Cc1ccc(Cl)nc1)Nc1ccncc1Nc1ccc(Cl)cc1. The fourth-order valence-electron chi connectivity index (χ4n) is 2.18. The first-order valence-corrected chi connectivity index (χ1v) is 8.22. The predicted octanol–water partition coefficient (Wildman–Crippen LogP) is 4.71. The Morgan fingerprint density at radius 3 is 2.48 bits per heavy atom. The maximum absolute atomic E-state index is 12.3. The van der Waals surface area contributed by atoms with Crippen molar-refractivity contribution in [2.24, 2.45) is 0 Å². The van der Waals surface area contributed by atoms with Crippen LogP contribution in [0.4, 0.5) is 17.1 Å². The Balaban J connectivity index is 1.70. The zero-order chi connectivity index (χ0) is 17.6. The summed E-state index contributed by atoms with van der Waals surface area (Å²) in [5, 5.41) is 7.14. The molecule has 2 heterocycles. The largest absolute Gasteiger partial charge is 0.353 e. The number of nitrogens with one attached hydrogen (secondary N) is 2. The first kappa shape index (κ1) is 17.2. The van der Waals surface area contributed by atoms with Crippen LogP contribution in [-0.2, 0) is 11.2 Å². The van der Waals surface area contributed by atoms with Crippen molar-refractivity contribution < 1.29 is 4.79 Å². The van der Waals surface area contributed by atoms with Crippen LogP contribution in [0.1, 0.15) is 5.56 Å². The Morgan fingerprint density at radius 1 is 0.960 bits per heavy atom. The molecule has 0 bridgehead atoms. The van der Waals surface area contributed by atoms with Crippen molar-refractivity contribution >= 4 is 46.2 Å². The Labute approximate surface area is 155 Å². The molecule has 0 saturated carbocycles. The highest BCUT2D eigenvalue weighted by molar-refractivity contribution is 6.30. The number of anilines is 3. The summed E-state index contributed by atoms with van der Waals surface area (Å²) in [6.45, 7) is 0. The number of hydrogen-bond acceptors (Lipinski definition) is 4. The van der Waals surface area contributed by atoms with Gasteiger partial charge in [0.25, 0.3) is 0 Å². The van der Waals surface area contributed by atoms with Gasteiger partial charge in [-0.2, -0.15) is 0 Å². The van der Waals surface area contributed by atoms with Crippen molar-refractivity contribution in [2.75, 3.05) is 10.6 Å². The van der Waals surface area contributed by atoms with Crippen molar-refractivity contribution in [1.82, 2.24) is 9.97 Å². The van der Waals surface area contributed by atoms with Crippen LogP contribution in [0, 0.1) is 0 Å². The third-order valence-electron chi connectivity index (χ3n) is 3.37. The summed E-state index contributed by atoms with van der Waals surface area (Å²) in [7, 11) is 0. The first-order valence-electron chi connectivity index (χ1n) is 7.47. The third kappa shape index (κ3) is 4.92. The van der Waals surface area contributed by atoms with Crippen molar-refractivity contribution in [3.05, 3.63) is 76.8 Å². The van der Waals surface area contributed by atoms with Crippen LogP contribution in [0.25, 0.3) is 0 Å². The van der Waals surface area contributed by atoms with Gasteiger partial charge in [-0.1, -0.05) is 29.3 Å². The minimum absolute atomic E-state index is 0.158. The van der Waals surface area contributed by atoms with E-state index in [-0.39, 0.29) is 12.3 Å². The molecule has 1 aromatic carbocycles. The summed E-state index contributed by atoms with van der Waals surface area (Å²) in [5.41, 5.74) is 2.95. The predicted molar refractivity (Wildman–Crippen MR) is 101 cm³/mol. The molecule has 25 heavy (non-hydrogen) atoms. The number of pyridine rings is 2. The van der Waals surface area contributed by atoms with E-state index in [9.17, 15) is 4.79 Å². The summed E-state index contributed by atoms with van der Waals surface area (Å²) in [6, 6.07) is 12.4. The number of hydrogen-bond donors (Lipinski definition) is 2. The molecule has 3 aromatic rings. The van der Waals surface area contributed by atoms with Gasteiger partial charge in [0.05, 0.1) is 24.0 Å². The van der Waals surface area contributed by atoms with Crippen molar-refractivity contribution in [3.8, 4) is 0 Å². The number of carbonyl (C=O) groups is 1. The molecule has 0 spiro atoms. The molecule has 0 atom stereocenters. The summed E-state index contributed by atoms with van der Waals surface area (Å²) < 4.78 is 0. The monoisotopic (exact) mass is 372 g/mol. The number of halogens is 2. The van der Waals surface area contributed by atoms with Crippen molar-refractivity contribution in [1.29, 1.82) is 0 Å². The highest BCUT2D eigenvalue weighted by atomic mass is 35.5. The standard InChI is InChI=1S/C18H14Cl2N4O/c19-13-2-4-14(5-3-13)23-16-11-21-8-7-15(16)24-18(25)9-12-1-6-17(20)22-10-12/h1-8,10-11,23H,9H2,(H,21,24,25). The molecule has 0 unspecified atom stereocenters.